The molecule has 2 aliphatic carbocycles. The lowest BCUT2D eigenvalue weighted by atomic mass is 9.81. The highest BCUT2D eigenvalue weighted by Crippen LogP contribution is 2.56. The lowest BCUT2D eigenvalue weighted by molar-refractivity contribution is -0.123. The van der Waals surface area contributed by atoms with Crippen LogP contribution in [0.1, 0.15) is 40.0 Å². The Kier molecular flexibility index (Phi) is 4.61. The summed E-state index contributed by atoms with van der Waals surface area (Å²) in [7, 11) is 1.29. The van der Waals surface area contributed by atoms with Gasteiger partial charge < -0.3 is 9.47 Å². The summed E-state index contributed by atoms with van der Waals surface area (Å²) in [6, 6.07) is 12.4. The Balaban J connectivity index is 1.35. The molecule has 1 saturated heterocycles. The summed E-state index contributed by atoms with van der Waals surface area (Å²) in [6.07, 6.45) is 3.00. The molecule has 0 spiro atoms. The van der Waals surface area contributed by atoms with Gasteiger partial charge in [-0.15, -0.1) is 0 Å². The molecular weight excluding hydrogens is 398 g/mol. The maximum Gasteiger partial charge on any atom is 0.343 e. The Morgan fingerprint density at radius 2 is 1.52 bits per heavy atom. The van der Waals surface area contributed by atoms with E-state index >= 15 is 0 Å². The predicted molar refractivity (Wildman–Crippen MR) is 109 cm³/mol. The van der Waals surface area contributed by atoms with Crippen LogP contribution in [0, 0.1) is 23.7 Å². The van der Waals surface area contributed by atoms with Crippen molar-refractivity contribution >= 4 is 29.4 Å². The molecule has 7 heteroatoms. The van der Waals surface area contributed by atoms with Crippen molar-refractivity contribution in [3.05, 3.63) is 59.7 Å². The van der Waals surface area contributed by atoms with Gasteiger partial charge in [0.1, 0.15) is 5.75 Å². The van der Waals surface area contributed by atoms with E-state index in [-0.39, 0.29) is 35.0 Å². The molecule has 2 bridgehead atoms. The lowest BCUT2D eigenvalue weighted by Crippen LogP contribution is -2.32. The first kappa shape index (κ1) is 19.5. The van der Waals surface area contributed by atoms with E-state index in [0.717, 1.165) is 19.3 Å². The van der Waals surface area contributed by atoms with Crippen molar-refractivity contribution in [2.75, 3.05) is 12.0 Å². The van der Waals surface area contributed by atoms with Gasteiger partial charge in [0, 0.05) is 0 Å². The molecule has 3 fully saturated rings. The number of fused-ring (bicyclic) bond motifs is 5. The van der Waals surface area contributed by atoms with Gasteiger partial charge in [-0.3, -0.25) is 14.5 Å². The molecule has 2 aromatic carbocycles. The number of hydrogen-bond acceptors (Lipinski definition) is 6. The van der Waals surface area contributed by atoms with Gasteiger partial charge >= 0.3 is 11.9 Å². The first-order valence-electron chi connectivity index (χ1n) is 10.4. The zero-order valence-electron chi connectivity index (χ0n) is 16.9. The Morgan fingerprint density at radius 3 is 2.13 bits per heavy atom. The Labute approximate surface area is 178 Å². The Bertz CT molecular complexity index is 1060. The maximum atomic E-state index is 13.0. The van der Waals surface area contributed by atoms with Crippen molar-refractivity contribution in [3.8, 4) is 5.75 Å². The number of hydrogen-bond donors (Lipinski definition) is 0. The molecule has 0 unspecified atom stereocenters. The fourth-order valence-electron chi connectivity index (χ4n) is 5.38. The van der Waals surface area contributed by atoms with Crippen LogP contribution in [0.15, 0.2) is 48.5 Å². The van der Waals surface area contributed by atoms with E-state index < -0.39 is 11.9 Å². The number of carbonyl (C=O) groups excluding carboxylic acids is 4. The maximum absolute atomic E-state index is 13.0. The van der Waals surface area contributed by atoms with Crippen LogP contribution >= 0.6 is 0 Å². The molecule has 158 valence electrons. The van der Waals surface area contributed by atoms with E-state index in [1.165, 1.54) is 42.3 Å². The zero-order valence-corrected chi connectivity index (χ0v) is 16.9. The summed E-state index contributed by atoms with van der Waals surface area (Å²) in [6.45, 7) is 0. The van der Waals surface area contributed by atoms with Crippen LogP contribution in [0.2, 0.25) is 0 Å². The van der Waals surface area contributed by atoms with Crippen LogP contribution in [0.4, 0.5) is 5.69 Å². The highest BCUT2D eigenvalue weighted by molar-refractivity contribution is 6.22. The molecule has 0 radical (unpaired) electrons. The van der Waals surface area contributed by atoms with Gasteiger partial charge in [-0.2, -0.15) is 0 Å². The average molecular weight is 419 g/mol. The number of nitrogens with zero attached hydrogens (tertiary/aromatic N) is 1. The van der Waals surface area contributed by atoms with E-state index in [1.807, 2.05) is 0 Å². The van der Waals surface area contributed by atoms with Crippen molar-refractivity contribution in [2.24, 2.45) is 23.7 Å². The van der Waals surface area contributed by atoms with Gasteiger partial charge in [0.15, 0.2) is 0 Å². The minimum Gasteiger partial charge on any atom is -0.465 e. The summed E-state index contributed by atoms with van der Waals surface area (Å²) in [4.78, 5) is 51.4. The number of amides is 2. The summed E-state index contributed by atoms with van der Waals surface area (Å²) in [5.41, 5.74) is 0.976. The van der Waals surface area contributed by atoms with E-state index in [1.54, 1.807) is 18.2 Å². The highest BCUT2D eigenvalue weighted by atomic mass is 16.5. The quantitative estimate of drug-likeness (QED) is 0.429. The second-order valence-electron chi connectivity index (χ2n) is 8.35. The third-order valence-corrected chi connectivity index (χ3v) is 6.75. The molecule has 1 aliphatic heterocycles. The number of benzene rings is 2. The first-order valence-corrected chi connectivity index (χ1v) is 10.4. The number of imide groups is 1. The molecule has 0 N–H and O–H groups in total. The molecule has 3 aliphatic rings. The van der Waals surface area contributed by atoms with Crippen LogP contribution in [-0.2, 0) is 14.3 Å². The number of esters is 2. The van der Waals surface area contributed by atoms with Gasteiger partial charge in [0.05, 0.1) is 35.8 Å². The highest BCUT2D eigenvalue weighted by Gasteiger charge is 2.61. The summed E-state index contributed by atoms with van der Waals surface area (Å²) < 4.78 is 10.0. The largest absolute Gasteiger partial charge is 0.465 e. The fourth-order valence-corrected chi connectivity index (χ4v) is 5.38. The third-order valence-electron chi connectivity index (χ3n) is 6.75. The van der Waals surface area contributed by atoms with E-state index in [0.29, 0.717) is 23.1 Å². The second kappa shape index (κ2) is 7.34. The van der Waals surface area contributed by atoms with Crippen molar-refractivity contribution < 1.29 is 28.7 Å². The standard InChI is InChI=1S/C24H21NO6/c1-30-23(28)13-7-9-18(10-8-13)31-24(29)16-3-2-4-17(12-16)25-21(26)19-14-5-6-15(11-14)20(19)22(25)27/h2-4,7-10,12,14-15,19-20H,5-6,11H2,1H3/t14-,15+,19-,20+. The molecule has 2 aromatic rings. The van der Waals surface area contributed by atoms with Crippen LogP contribution in [-0.4, -0.2) is 30.9 Å². The van der Waals surface area contributed by atoms with Crippen LogP contribution < -0.4 is 9.64 Å². The molecular formula is C24H21NO6. The molecule has 31 heavy (non-hydrogen) atoms. The number of methoxy groups -OCH3 is 1. The molecule has 0 aromatic heterocycles. The molecule has 4 atom stereocenters. The molecule has 2 amide bonds. The SMILES string of the molecule is COC(=O)c1ccc(OC(=O)c2cccc(N3C(=O)[C@@H]4[C@@H]5CC[C@@H](C5)[C@@H]4C3=O)c2)cc1. The fraction of sp³-hybridized carbons (Fsp3) is 0.333. The lowest BCUT2D eigenvalue weighted by Gasteiger charge is -2.19. The summed E-state index contributed by atoms with van der Waals surface area (Å²) >= 11 is 0. The monoisotopic (exact) mass is 419 g/mol. The molecule has 2 saturated carbocycles. The Hall–Kier alpha value is -3.48. The molecule has 5 rings (SSSR count). The van der Waals surface area contributed by atoms with Gasteiger partial charge in [-0.1, -0.05) is 6.07 Å². The number of rotatable bonds is 4. The van der Waals surface area contributed by atoms with Crippen molar-refractivity contribution in [3.63, 3.8) is 0 Å². The van der Waals surface area contributed by atoms with Crippen LogP contribution in [0.25, 0.3) is 0 Å². The zero-order chi connectivity index (χ0) is 21.7. The van der Waals surface area contributed by atoms with Crippen molar-refractivity contribution in [2.45, 2.75) is 19.3 Å². The minimum absolute atomic E-state index is 0.147. The van der Waals surface area contributed by atoms with Crippen molar-refractivity contribution in [1.82, 2.24) is 0 Å². The number of carbonyl (C=O) groups is 4. The van der Waals surface area contributed by atoms with Gasteiger partial charge in [-0.25, -0.2) is 9.59 Å². The van der Waals surface area contributed by atoms with Crippen molar-refractivity contribution in [1.29, 1.82) is 0 Å². The minimum atomic E-state index is -0.618. The summed E-state index contributed by atoms with van der Waals surface area (Å²) in [5.74, 6) is -0.948. The van der Waals surface area contributed by atoms with E-state index in [4.69, 9.17) is 4.74 Å². The number of anilines is 1. The predicted octanol–water partition coefficient (Wildman–Crippen LogP) is 3.23. The third kappa shape index (κ3) is 3.12. The smallest absolute Gasteiger partial charge is 0.343 e. The summed E-state index contributed by atoms with van der Waals surface area (Å²) in [5, 5.41) is 0. The van der Waals surface area contributed by atoms with Gasteiger partial charge in [0.2, 0.25) is 11.8 Å². The van der Waals surface area contributed by atoms with Gasteiger partial charge in [-0.05, 0) is 73.6 Å². The Morgan fingerprint density at radius 1 is 0.871 bits per heavy atom. The first-order chi connectivity index (χ1) is 15.0. The molecule has 1 heterocycles. The van der Waals surface area contributed by atoms with E-state index in [9.17, 15) is 19.2 Å². The number of ether oxygens (including phenoxy) is 2. The van der Waals surface area contributed by atoms with Gasteiger partial charge in [0.25, 0.3) is 0 Å². The second-order valence-corrected chi connectivity index (χ2v) is 8.35. The topological polar surface area (TPSA) is 90.0 Å². The normalized spacial score (nSPS) is 26.2. The average Bonchev–Trinajstić information content (AvgIpc) is 3.47. The van der Waals surface area contributed by atoms with E-state index in [2.05, 4.69) is 4.74 Å². The molecule has 7 nitrogen and oxygen atoms in total. The van der Waals surface area contributed by atoms with Crippen LogP contribution in [0.5, 0.6) is 5.75 Å². The van der Waals surface area contributed by atoms with Crippen LogP contribution in [0.3, 0.4) is 0 Å².